The smallest absolute Gasteiger partial charge is 0.0110 e. The van der Waals surface area contributed by atoms with Gasteiger partial charge in [-0.05, 0) is 58.2 Å². The molecular formula is C16H34N4. The van der Waals surface area contributed by atoms with Gasteiger partial charge in [0.1, 0.15) is 0 Å². The zero-order chi connectivity index (χ0) is 14.4. The van der Waals surface area contributed by atoms with Crippen LogP contribution in [0.2, 0.25) is 0 Å². The first kappa shape index (κ1) is 16.2. The fourth-order valence-corrected chi connectivity index (χ4v) is 3.55. The van der Waals surface area contributed by atoms with Crippen molar-refractivity contribution in [2.45, 2.75) is 25.7 Å². The van der Waals surface area contributed by atoms with Gasteiger partial charge >= 0.3 is 0 Å². The van der Waals surface area contributed by atoms with Crippen LogP contribution >= 0.6 is 0 Å². The summed E-state index contributed by atoms with van der Waals surface area (Å²) in [4.78, 5) is 7.59. The number of hydrogen-bond donors (Lipinski definition) is 1. The Kier molecular flexibility index (Phi) is 6.75. The van der Waals surface area contributed by atoms with E-state index in [-0.39, 0.29) is 0 Å². The number of nitrogens with two attached hydrogens (primary N) is 1. The number of piperazine rings is 1. The molecule has 4 heteroatoms. The Balaban J connectivity index is 1.60. The van der Waals surface area contributed by atoms with Crippen molar-refractivity contribution in [1.82, 2.24) is 14.7 Å². The Bertz CT molecular complexity index is 253. The van der Waals surface area contributed by atoms with Crippen LogP contribution in [0.25, 0.3) is 0 Å². The summed E-state index contributed by atoms with van der Waals surface area (Å²) in [5.74, 6) is 1.75. The molecule has 2 N–H and O–H groups in total. The van der Waals surface area contributed by atoms with Crippen LogP contribution in [-0.4, -0.2) is 81.2 Å². The van der Waals surface area contributed by atoms with E-state index in [1.165, 1.54) is 71.5 Å². The Hall–Kier alpha value is -0.160. The lowest BCUT2D eigenvalue weighted by atomic mass is 9.82. The van der Waals surface area contributed by atoms with Crippen LogP contribution in [-0.2, 0) is 0 Å². The van der Waals surface area contributed by atoms with Gasteiger partial charge in [0.25, 0.3) is 0 Å². The third kappa shape index (κ3) is 5.32. The molecule has 118 valence electrons. The molecule has 0 atom stereocenters. The minimum Gasteiger partial charge on any atom is -0.330 e. The van der Waals surface area contributed by atoms with E-state index in [1.54, 1.807) is 0 Å². The number of nitrogens with zero attached hydrogens (tertiary/aromatic N) is 3. The molecule has 0 spiro atoms. The van der Waals surface area contributed by atoms with E-state index in [1.807, 2.05) is 0 Å². The normalized spacial score (nSPS) is 30.0. The Labute approximate surface area is 125 Å². The molecule has 1 aliphatic heterocycles. The maximum atomic E-state index is 5.78. The lowest BCUT2D eigenvalue weighted by Gasteiger charge is -2.38. The van der Waals surface area contributed by atoms with Crippen molar-refractivity contribution in [3.63, 3.8) is 0 Å². The van der Waals surface area contributed by atoms with E-state index in [2.05, 4.69) is 28.8 Å². The van der Waals surface area contributed by atoms with Gasteiger partial charge in [0.15, 0.2) is 0 Å². The minimum atomic E-state index is 0.814. The zero-order valence-electron chi connectivity index (χ0n) is 13.6. The molecule has 0 aromatic heterocycles. The molecule has 0 bridgehead atoms. The molecule has 1 aliphatic carbocycles. The maximum Gasteiger partial charge on any atom is 0.0110 e. The first-order valence-corrected chi connectivity index (χ1v) is 8.47. The van der Waals surface area contributed by atoms with Gasteiger partial charge in [0, 0.05) is 45.8 Å². The van der Waals surface area contributed by atoms with E-state index in [9.17, 15) is 0 Å². The van der Waals surface area contributed by atoms with Crippen molar-refractivity contribution in [3.05, 3.63) is 0 Å². The van der Waals surface area contributed by atoms with E-state index in [4.69, 9.17) is 5.73 Å². The molecule has 1 saturated carbocycles. The minimum absolute atomic E-state index is 0.814. The Morgan fingerprint density at radius 1 is 0.900 bits per heavy atom. The number of likely N-dealkylation sites (N-methyl/N-ethyl adjacent to an activating group) is 1. The van der Waals surface area contributed by atoms with Crippen LogP contribution in [0.4, 0.5) is 0 Å². The molecule has 2 aliphatic rings. The average molecular weight is 282 g/mol. The van der Waals surface area contributed by atoms with Gasteiger partial charge in [0.2, 0.25) is 0 Å². The highest BCUT2D eigenvalue weighted by Crippen LogP contribution is 2.28. The van der Waals surface area contributed by atoms with Gasteiger partial charge in [-0.3, -0.25) is 4.90 Å². The summed E-state index contributed by atoms with van der Waals surface area (Å²) in [5, 5.41) is 0. The van der Waals surface area contributed by atoms with Crippen LogP contribution in [0.15, 0.2) is 0 Å². The summed E-state index contributed by atoms with van der Waals surface area (Å²) in [6.45, 7) is 9.69. The monoisotopic (exact) mass is 282 g/mol. The molecular weight excluding hydrogens is 248 g/mol. The van der Waals surface area contributed by atoms with Crippen molar-refractivity contribution < 1.29 is 0 Å². The van der Waals surface area contributed by atoms with Crippen molar-refractivity contribution in [3.8, 4) is 0 Å². The van der Waals surface area contributed by atoms with Gasteiger partial charge in [-0.2, -0.15) is 0 Å². The molecule has 0 aromatic rings. The third-order valence-electron chi connectivity index (χ3n) is 5.14. The molecule has 1 saturated heterocycles. The molecule has 0 aromatic carbocycles. The summed E-state index contributed by atoms with van der Waals surface area (Å²) < 4.78 is 0. The Morgan fingerprint density at radius 3 is 2.00 bits per heavy atom. The molecule has 2 fully saturated rings. The lowest BCUT2D eigenvalue weighted by Crippen LogP contribution is -2.49. The van der Waals surface area contributed by atoms with Gasteiger partial charge < -0.3 is 15.5 Å². The van der Waals surface area contributed by atoms with Gasteiger partial charge in [-0.1, -0.05) is 0 Å². The topological polar surface area (TPSA) is 35.7 Å². The highest BCUT2D eigenvalue weighted by atomic mass is 15.3. The van der Waals surface area contributed by atoms with Crippen LogP contribution in [0.3, 0.4) is 0 Å². The van der Waals surface area contributed by atoms with Gasteiger partial charge in [-0.15, -0.1) is 0 Å². The first-order valence-electron chi connectivity index (χ1n) is 8.47. The predicted octanol–water partition coefficient (Wildman–Crippen LogP) is 0.931. The second-order valence-corrected chi connectivity index (χ2v) is 7.07. The molecule has 0 unspecified atom stereocenters. The predicted molar refractivity (Wildman–Crippen MR) is 85.9 cm³/mol. The quantitative estimate of drug-likeness (QED) is 0.786. The fourth-order valence-electron chi connectivity index (χ4n) is 3.55. The summed E-state index contributed by atoms with van der Waals surface area (Å²) in [5.41, 5.74) is 5.78. The zero-order valence-corrected chi connectivity index (χ0v) is 13.6. The van der Waals surface area contributed by atoms with Crippen molar-refractivity contribution in [2.24, 2.45) is 17.6 Å². The fraction of sp³-hybridized carbons (Fsp3) is 1.00. The van der Waals surface area contributed by atoms with Crippen molar-refractivity contribution in [2.75, 3.05) is 66.5 Å². The molecule has 4 nitrogen and oxygen atoms in total. The molecule has 20 heavy (non-hydrogen) atoms. The van der Waals surface area contributed by atoms with Crippen molar-refractivity contribution in [1.29, 1.82) is 0 Å². The van der Waals surface area contributed by atoms with Crippen LogP contribution in [0, 0.1) is 11.8 Å². The molecule has 2 rings (SSSR count). The van der Waals surface area contributed by atoms with E-state index < -0.39 is 0 Å². The summed E-state index contributed by atoms with van der Waals surface area (Å²) in [6.07, 6.45) is 5.54. The maximum absolute atomic E-state index is 5.78. The summed E-state index contributed by atoms with van der Waals surface area (Å²) in [6, 6.07) is 0. The highest BCUT2D eigenvalue weighted by molar-refractivity contribution is 4.79. The van der Waals surface area contributed by atoms with Crippen LogP contribution in [0.1, 0.15) is 25.7 Å². The van der Waals surface area contributed by atoms with Crippen molar-refractivity contribution >= 4 is 0 Å². The molecule has 0 amide bonds. The lowest BCUT2D eigenvalue weighted by molar-refractivity contribution is 0.101. The first-order chi connectivity index (χ1) is 9.67. The van der Waals surface area contributed by atoms with Gasteiger partial charge in [0.05, 0.1) is 0 Å². The largest absolute Gasteiger partial charge is 0.330 e. The van der Waals surface area contributed by atoms with Gasteiger partial charge in [-0.25, -0.2) is 0 Å². The summed E-state index contributed by atoms with van der Waals surface area (Å²) >= 11 is 0. The average Bonchev–Trinajstić information content (AvgIpc) is 2.47. The standard InChI is InChI=1S/C16H34N4/c1-18(2)7-8-19-9-11-20(12-10-19)14-16-5-3-15(13-17)4-6-16/h15-16H,3-14,17H2,1-2H3. The second-order valence-electron chi connectivity index (χ2n) is 7.07. The summed E-state index contributed by atoms with van der Waals surface area (Å²) in [7, 11) is 4.32. The van der Waals surface area contributed by atoms with E-state index in [0.29, 0.717) is 0 Å². The van der Waals surface area contributed by atoms with Crippen LogP contribution in [0.5, 0.6) is 0 Å². The van der Waals surface area contributed by atoms with Crippen LogP contribution < -0.4 is 5.73 Å². The molecule has 1 heterocycles. The SMILES string of the molecule is CN(C)CCN1CCN(CC2CCC(CN)CC2)CC1. The Morgan fingerprint density at radius 2 is 1.45 bits per heavy atom. The number of rotatable bonds is 6. The van der Waals surface area contributed by atoms with E-state index in [0.717, 1.165) is 18.4 Å². The third-order valence-corrected chi connectivity index (χ3v) is 5.14. The second kappa shape index (κ2) is 8.32. The number of hydrogen-bond acceptors (Lipinski definition) is 4. The highest BCUT2D eigenvalue weighted by Gasteiger charge is 2.24. The molecule has 0 radical (unpaired) electrons. The van der Waals surface area contributed by atoms with E-state index >= 15 is 0 Å².